The van der Waals surface area contributed by atoms with Crippen molar-refractivity contribution in [2.45, 2.75) is 13.0 Å². The number of tetrazole rings is 1. The van der Waals surface area contributed by atoms with Gasteiger partial charge in [0.2, 0.25) is 11.7 Å². The van der Waals surface area contributed by atoms with E-state index in [1.165, 1.54) is 18.5 Å². The van der Waals surface area contributed by atoms with Crippen molar-refractivity contribution in [2.75, 3.05) is 5.32 Å². The van der Waals surface area contributed by atoms with Gasteiger partial charge in [0, 0.05) is 18.2 Å². The Kier molecular flexibility index (Phi) is 6.21. The molecule has 32 heavy (non-hydrogen) atoms. The molecule has 1 amide bonds. The molecule has 2 aromatic carbocycles. The summed E-state index contributed by atoms with van der Waals surface area (Å²) < 4.78 is 13.0. The number of H-pyrrole nitrogens is 1. The smallest absolute Gasteiger partial charge is 0.229 e. The van der Waals surface area contributed by atoms with E-state index in [2.05, 4.69) is 47.8 Å². The van der Waals surface area contributed by atoms with Crippen LogP contribution >= 0.6 is 0 Å². The lowest BCUT2D eigenvalue weighted by molar-refractivity contribution is -0.115. The Balaban J connectivity index is 1.33. The highest BCUT2D eigenvalue weighted by Gasteiger charge is 2.09. The Morgan fingerprint density at radius 2 is 1.78 bits per heavy atom. The summed E-state index contributed by atoms with van der Waals surface area (Å²) in [6.45, 7) is 4.43. The topological polar surface area (TPSA) is 121 Å². The van der Waals surface area contributed by atoms with E-state index in [1.807, 2.05) is 24.3 Å². The van der Waals surface area contributed by atoms with Crippen LogP contribution < -0.4 is 10.6 Å². The van der Waals surface area contributed by atoms with E-state index in [1.54, 1.807) is 18.2 Å². The van der Waals surface area contributed by atoms with Crippen molar-refractivity contribution >= 4 is 17.4 Å². The Hall–Kier alpha value is -4.47. The molecular formula is C22H19FN8O. The first-order valence-corrected chi connectivity index (χ1v) is 9.69. The number of rotatable bonds is 8. The van der Waals surface area contributed by atoms with Crippen LogP contribution in [0.25, 0.3) is 17.1 Å². The molecule has 0 aliphatic carbocycles. The zero-order valence-corrected chi connectivity index (χ0v) is 16.9. The van der Waals surface area contributed by atoms with Crippen LogP contribution in [-0.4, -0.2) is 36.5 Å². The predicted molar refractivity (Wildman–Crippen MR) is 116 cm³/mol. The molecule has 160 valence electrons. The van der Waals surface area contributed by atoms with Crippen LogP contribution in [0.3, 0.4) is 0 Å². The van der Waals surface area contributed by atoms with Crippen molar-refractivity contribution in [3.05, 3.63) is 90.1 Å². The molecule has 0 aliphatic rings. The fourth-order valence-corrected chi connectivity index (χ4v) is 2.92. The Labute approximate surface area is 182 Å². The van der Waals surface area contributed by atoms with Gasteiger partial charge in [-0.1, -0.05) is 43.0 Å². The maximum atomic E-state index is 13.0. The minimum atomic E-state index is -0.285. The zero-order chi connectivity index (χ0) is 22.3. The minimum absolute atomic E-state index is 0.176. The molecular weight excluding hydrogens is 411 g/mol. The van der Waals surface area contributed by atoms with Gasteiger partial charge in [0.05, 0.1) is 17.8 Å². The van der Waals surface area contributed by atoms with Gasteiger partial charge in [-0.2, -0.15) is 5.21 Å². The number of hydrogen-bond acceptors (Lipinski definition) is 7. The molecule has 0 aliphatic heterocycles. The van der Waals surface area contributed by atoms with Crippen molar-refractivity contribution in [3.63, 3.8) is 0 Å². The SMILES string of the molecule is C=C(NCc1ccc(F)cc1)c1cc(NC(=O)Cc2ccc(-c3nn[nH]n3)cc2)ncn1. The summed E-state index contributed by atoms with van der Waals surface area (Å²) in [4.78, 5) is 20.7. The second-order valence-electron chi connectivity index (χ2n) is 6.90. The summed E-state index contributed by atoms with van der Waals surface area (Å²) in [6, 6.07) is 15.1. The first-order valence-electron chi connectivity index (χ1n) is 9.69. The summed E-state index contributed by atoms with van der Waals surface area (Å²) in [5.74, 6) is 0.356. The third-order valence-electron chi connectivity index (χ3n) is 4.59. The van der Waals surface area contributed by atoms with E-state index in [9.17, 15) is 9.18 Å². The third kappa shape index (κ3) is 5.36. The average Bonchev–Trinajstić information content (AvgIpc) is 3.34. The quantitative estimate of drug-likeness (QED) is 0.393. The van der Waals surface area contributed by atoms with Crippen LogP contribution in [0.4, 0.5) is 10.2 Å². The summed E-state index contributed by atoms with van der Waals surface area (Å²) in [5, 5.41) is 19.7. The highest BCUT2D eigenvalue weighted by atomic mass is 19.1. The Morgan fingerprint density at radius 3 is 2.50 bits per heavy atom. The molecule has 0 saturated carbocycles. The highest BCUT2D eigenvalue weighted by molar-refractivity contribution is 5.91. The molecule has 2 heterocycles. The first kappa shape index (κ1) is 20.8. The van der Waals surface area contributed by atoms with E-state index < -0.39 is 0 Å². The molecule has 2 aromatic heterocycles. The molecule has 0 atom stereocenters. The van der Waals surface area contributed by atoms with Crippen LogP contribution in [0.5, 0.6) is 0 Å². The Bertz CT molecular complexity index is 1210. The average molecular weight is 430 g/mol. The fourth-order valence-electron chi connectivity index (χ4n) is 2.92. The van der Waals surface area contributed by atoms with Crippen molar-refractivity contribution < 1.29 is 9.18 Å². The number of hydrogen-bond donors (Lipinski definition) is 3. The molecule has 0 bridgehead atoms. The van der Waals surface area contributed by atoms with Crippen molar-refractivity contribution in [2.24, 2.45) is 0 Å². The predicted octanol–water partition coefficient (Wildman–Crippen LogP) is 2.74. The van der Waals surface area contributed by atoms with Gasteiger partial charge < -0.3 is 10.6 Å². The van der Waals surface area contributed by atoms with Crippen LogP contribution in [-0.2, 0) is 17.8 Å². The molecule has 0 radical (unpaired) electrons. The van der Waals surface area contributed by atoms with E-state index in [0.717, 1.165) is 16.7 Å². The second-order valence-corrected chi connectivity index (χ2v) is 6.90. The lowest BCUT2D eigenvalue weighted by atomic mass is 10.1. The summed E-state index contributed by atoms with van der Waals surface area (Å²) >= 11 is 0. The lowest BCUT2D eigenvalue weighted by Gasteiger charge is -2.11. The number of carbonyl (C=O) groups excluding carboxylic acids is 1. The number of benzene rings is 2. The summed E-state index contributed by atoms with van der Waals surface area (Å²) in [7, 11) is 0. The molecule has 4 rings (SSSR count). The van der Waals surface area contributed by atoms with Gasteiger partial charge in [0.25, 0.3) is 0 Å². The van der Waals surface area contributed by atoms with Crippen molar-refractivity contribution in [1.29, 1.82) is 0 Å². The molecule has 0 saturated heterocycles. The number of nitrogens with zero attached hydrogens (tertiary/aromatic N) is 5. The standard InChI is InChI=1S/C22H19FN8O/c1-14(24-12-16-4-8-18(23)9-5-16)19-11-20(26-13-25-19)27-21(32)10-15-2-6-17(7-3-15)22-28-30-31-29-22/h2-9,11,13,24H,1,10,12H2,(H,25,26,27,32)(H,28,29,30,31). The number of halogens is 1. The molecule has 0 spiro atoms. The van der Waals surface area contributed by atoms with Gasteiger partial charge in [-0.05, 0) is 28.5 Å². The molecule has 9 nitrogen and oxygen atoms in total. The minimum Gasteiger partial charge on any atom is -0.380 e. The largest absolute Gasteiger partial charge is 0.380 e. The number of amides is 1. The molecule has 10 heteroatoms. The van der Waals surface area contributed by atoms with E-state index in [0.29, 0.717) is 29.6 Å². The normalized spacial score (nSPS) is 10.5. The first-order chi connectivity index (χ1) is 15.6. The van der Waals surface area contributed by atoms with E-state index >= 15 is 0 Å². The van der Waals surface area contributed by atoms with Gasteiger partial charge >= 0.3 is 0 Å². The van der Waals surface area contributed by atoms with Crippen LogP contribution in [0, 0.1) is 5.82 Å². The van der Waals surface area contributed by atoms with E-state index in [4.69, 9.17) is 0 Å². The van der Waals surface area contributed by atoms with Gasteiger partial charge in [-0.15, -0.1) is 10.2 Å². The molecule has 0 fully saturated rings. The number of nitrogens with one attached hydrogen (secondary N) is 3. The maximum Gasteiger partial charge on any atom is 0.229 e. The van der Waals surface area contributed by atoms with Crippen LogP contribution in [0.15, 0.2) is 67.5 Å². The fraction of sp³-hybridized carbons (Fsp3) is 0.0909. The molecule has 0 unspecified atom stereocenters. The summed E-state index contributed by atoms with van der Waals surface area (Å²) in [5.41, 5.74) is 3.64. The second kappa shape index (κ2) is 9.56. The summed E-state index contributed by atoms with van der Waals surface area (Å²) in [6.07, 6.45) is 1.53. The van der Waals surface area contributed by atoms with Gasteiger partial charge in [0.15, 0.2) is 0 Å². The molecule has 3 N–H and O–H groups in total. The maximum absolute atomic E-state index is 13.0. The van der Waals surface area contributed by atoms with Gasteiger partial charge in [-0.25, -0.2) is 14.4 Å². The third-order valence-corrected chi connectivity index (χ3v) is 4.59. The van der Waals surface area contributed by atoms with Crippen molar-refractivity contribution in [1.82, 2.24) is 35.9 Å². The van der Waals surface area contributed by atoms with Crippen molar-refractivity contribution in [3.8, 4) is 11.4 Å². The number of aromatic amines is 1. The van der Waals surface area contributed by atoms with E-state index in [-0.39, 0.29) is 18.1 Å². The highest BCUT2D eigenvalue weighted by Crippen LogP contribution is 2.15. The zero-order valence-electron chi connectivity index (χ0n) is 16.9. The van der Waals surface area contributed by atoms with Gasteiger partial charge in [-0.3, -0.25) is 4.79 Å². The monoisotopic (exact) mass is 430 g/mol. The van der Waals surface area contributed by atoms with Crippen LogP contribution in [0.2, 0.25) is 0 Å². The number of anilines is 1. The molecule has 4 aromatic rings. The Morgan fingerprint density at radius 1 is 1.03 bits per heavy atom. The van der Waals surface area contributed by atoms with Crippen LogP contribution in [0.1, 0.15) is 16.8 Å². The number of aromatic nitrogens is 6. The lowest BCUT2D eigenvalue weighted by Crippen LogP contribution is -2.16. The van der Waals surface area contributed by atoms with Gasteiger partial charge in [0.1, 0.15) is 18.0 Å². The number of carbonyl (C=O) groups is 1.